The third-order valence-corrected chi connectivity index (χ3v) is 6.12. The van der Waals surface area contributed by atoms with Crippen LogP contribution in [0.4, 0.5) is 11.6 Å². The van der Waals surface area contributed by atoms with Crippen LogP contribution in [0.25, 0.3) is 10.6 Å². The van der Waals surface area contributed by atoms with Crippen molar-refractivity contribution in [3.8, 4) is 16.5 Å². The molecule has 0 spiro atoms. The number of nitrogens with zero attached hydrogens (tertiary/aromatic N) is 5. The Morgan fingerprint density at radius 1 is 1.14 bits per heavy atom. The molecular formula is C19H23N7OS. The number of pyridine rings is 1. The number of piperidine rings is 1. The van der Waals surface area contributed by atoms with E-state index in [9.17, 15) is 0 Å². The highest BCUT2D eigenvalue weighted by Gasteiger charge is 2.24. The Morgan fingerprint density at radius 2 is 1.89 bits per heavy atom. The van der Waals surface area contributed by atoms with E-state index in [0.717, 1.165) is 41.4 Å². The van der Waals surface area contributed by atoms with E-state index in [1.807, 2.05) is 12.1 Å². The van der Waals surface area contributed by atoms with Gasteiger partial charge < -0.3 is 21.1 Å². The fraction of sp³-hybridized carbons (Fsp3) is 0.368. The number of rotatable bonds is 5. The minimum Gasteiger partial charge on any atom is -0.470 e. The van der Waals surface area contributed by atoms with Crippen LogP contribution >= 0.6 is 11.3 Å². The minimum absolute atomic E-state index is 0.247. The molecule has 4 rings (SSSR count). The van der Waals surface area contributed by atoms with Gasteiger partial charge in [0.2, 0.25) is 0 Å². The summed E-state index contributed by atoms with van der Waals surface area (Å²) in [5.41, 5.74) is 13.8. The van der Waals surface area contributed by atoms with E-state index in [2.05, 4.69) is 31.9 Å². The smallest absolute Gasteiger partial charge is 0.258 e. The SMILES string of the molecule is CN1CCC(c2nc(N)c(-c3cnc(N)c(OCc4ccncc4)n3)s2)CC1. The van der Waals surface area contributed by atoms with Crippen molar-refractivity contribution in [1.29, 1.82) is 0 Å². The van der Waals surface area contributed by atoms with Crippen LogP contribution in [0.1, 0.15) is 29.3 Å². The molecule has 4 heterocycles. The monoisotopic (exact) mass is 397 g/mol. The Bertz CT molecular complexity index is 939. The van der Waals surface area contributed by atoms with Gasteiger partial charge in [-0.05, 0) is 50.7 Å². The van der Waals surface area contributed by atoms with Crippen molar-refractivity contribution in [1.82, 2.24) is 24.8 Å². The first-order valence-electron chi connectivity index (χ1n) is 9.19. The second kappa shape index (κ2) is 8.07. The van der Waals surface area contributed by atoms with Crippen molar-refractivity contribution in [2.24, 2.45) is 0 Å². The summed E-state index contributed by atoms with van der Waals surface area (Å²) in [6.45, 7) is 2.49. The molecule has 0 saturated carbocycles. The van der Waals surface area contributed by atoms with E-state index in [0.29, 0.717) is 29.9 Å². The molecule has 0 unspecified atom stereocenters. The lowest BCUT2D eigenvalue weighted by Gasteiger charge is -2.27. The minimum atomic E-state index is 0.247. The van der Waals surface area contributed by atoms with Gasteiger partial charge >= 0.3 is 0 Å². The first-order chi connectivity index (χ1) is 13.6. The van der Waals surface area contributed by atoms with Crippen LogP contribution in [-0.4, -0.2) is 45.0 Å². The van der Waals surface area contributed by atoms with Crippen LogP contribution in [0.2, 0.25) is 0 Å². The summed E-state index contributed by atoms with van der Waals surface area (Å²) >= 11 is 1.59. The molecule has 8 nitrogen and oxygen atoms in total. The number of nitrogen functional groups attached to an aromatic ring is 2. The second-order valence-electron chi connectivity index (χ2n) is 6.93. The average molecular weight is 398 g/mol. The van der Waals surface area contributed by atoms with Crippen LogP contribution in [-0.2, 0) is 6.61 Å². The molecule has 3 aromatic heterocycles. The van der Waals surface area contributed by atoms with E-state index in [1.165, 1.54) is 0 Å². The molecule has 0 atom stereocenters. The molecule has 0 radical (unpaired) electrons. The summed E-state index contributed by atoms with van der Waals surface area (Å²) in [4.78, 5) is 20.5. The van der Waals surface area contributed by atoms with E-state index >= 15 is 0 Å². The van der Waals surface area contributed by atoms with Crippen LogP contribution in [0.15, 0.2) is 30.7 Å². The number of thiazole rings is 1. The summed E-state index contributed by atoms with van der Waals surface area (Å²) in [7, 11) is 2.15. The third-order valence-electron chi connectivity index (χ3n) is 4.86. The first kappa shape index (κ1) is 18.6. The molecule has 3 aromatic rings. The zero-order chi connectivity index (χ0) is 19.5. The van der Waals surface area contributed by atoms with E-state index in [4.69, 9.17) is 16.2 Å². The van der Waals surface area contributed by atoms with Gasteiger partial charge in [0, 0.05) is 18.3 Å². The van der Waals surface area contributed by atoms with Crippen molar-refractivity contribution in [3.63, 3.8) is 0 Å². The average Bonchev–Trinajstić information content (AvgIpc) is 3.10. The van der Waals surface area contributed by atoms with Crippen LogP contribution in [0.3, 0.4) is 0 Å². The topological polar surface area (TPSA) is 116 Å². The highest BCUT2D eigenvalue weighted by Crippen LogP contribution is 2.38. The maximum atomic E-state index is 6.20. The number of anilines is 2. The fourth-order valence-electron chi connectivity index (χ4n) is 3.19. The molecule has 1 saturated heterocycles. The van der Waals surface area contributed by atoms with Crippen molar-refractivity contribution in [3.05, 3.63) is 41.3 Å². The number of aromatic nitrogens is 4. The Kier molecular flexibility index (Phi) is 5.36. The molecule has 9 heteroatoms. The largest absolute Gasteiger partial charge is 0.470 e. The molecule has 1 aliphatic rings. The Hall–Kier alpha value is -2.78. The number of likely N-dealkylation sites (tertiary alicyclic amines) is 1. The second-order valence-corrected chi connectivity index (χ2v) is 7.96. The summed E-state index contributed by atoms with van der Waals surface area (Å²) < 4.78 is 5.77. The zero-order valence-corrected chi connectivity index (χ0v) is 16.5. The first-order valence-corrected chi connectivity index (χ1v) is 10.0. The fourth-order valence-corrected chi connectivity index (χ4v) is 4.30. The number of hydrogen-bond acceptors (Lipinski definition) is 9. The number of ether oxygens (including phenoxy) is 1. The van der Waals surface area contributed by atoms with Crippen molar-refractivity contribution in [2.75, 3.05) is 31.6 Å². The molecule has 1 fully saturated rings. The number of hydrogen-bond donors (Lipinski definition) is 2. The van der Waals surface area contributed by atoms with Crippen molar-refractivity contribution in [2.45, 2.75) is 25.4 Å². The van der Waals surface area contributed by atoms with Gasteiger partial charge in [-0.15, -0.1) is 11.3 Å². The van der Waals surface area contributed by atoms with Crippen LogP contribution in [0, 0.1) is 0 Å². The lowest BCUT2D eigenvalue weighted by atomic mass is 9.98. The summed E-state index contributed by atoms with van der Waals surface area (Å²) in [5, 5.41) is 1.07. The molecule has 0 aromatic carbocycles. The Morgan fingerprint density at radius 3 is 2.64 bits per heavy atom. The molecule has 0 bridgehead atoms. The van der Waals surface area contributed by atoms with Gasteiger partial charge in [0.25, 0.3) is 5.88 Å². The quantitative estimate of drug-likeness (QED) is 0.675. The molecule has 1 aliphatic heterocycles. The van der Waals surface area contributed by atoms with Gasteiger partial charge in [0.05, 0.1) is 16.1 Å². The summed E-state index contributed by atoms with van der Waals surface area (Å²) in [6, 6.07) is 3.76. The molecule has 0 amide bonds. The molecular weight excluding hydrogens is 374 g/mol. The molecule has 4 N–H and O–H groups in total. The zero-order valence-electron chi connectivity index (χ0n) is 15.7. The Labute approximate surface area is 167 Å². The van der Waals surface area contributed by atoms with Crippen LogP contribution < -0.4 is 16.2 Å². The molecule has 0 aliphatic carbocycles. The molecule has 28 heavy (non-hydrogen) atoms. The van der Waals surface area contributed by atoms with Gasteiger partial charge in [0.1, 0.15) is 18.1 Å². The van der Waals surface area contributed by atoms with E-state index in [1.54, 1.807) is 29.9 Å². The van der Waals surface area contributed by atoms with Gasteiger partial charge in [-0.2, -0.15) is 0 Å². The van der Waals surface area contributed by atoms with Gasteiger partial charge in [0.15, 0.2) is 5.82 Å². The van der Waals surface area contributed by atoms with Crippen molar-refractivity contribution < 1.29 is 4.74 Å². The van der Waals surface area contributed by atoms with E-state index in [-0.39, 0.29) is 5.82 Å². The normalized spacial score (nSPS) is 15.6. The Balaban J connectivity index is 1.54. The maximum absolute atomic E-state index is 6.20. The highest BCUT2D eigenvalue weighted by atomic mass is 32.1. The van der Waals surface area contributed by atoms with Gasteiger partial charge in [-0.3, -0.25) is 4.98 Å². The highest BCUT2D eigenvalue weighted by molar-refractivity contribution is 7.15. The van der Waals surface area contributed by atoms with Gasteiger partial charge in [-0.25, -0.2) is 15.0 Å². The summed E-state index contributed by atoms with van der Waals surface area (Å²) in [5.74, 6) is 1.47. The van der Waals surface area contributed by atoms with E-state index < -0.39 is 0 Å². The predicted octanol–water partition coefficient (Wildman–Crippen LogP) is 2.55. The van der Waals surface area contributed by atoms with Gasteiger partial charge in [-0.1, -0.05) is 0 Å². The van der Waals surface area contributed by atoms with Crippen molar-refractivity contribution >= 4 is 23.0 Å². The standard InChI is InChI=1S/C19H23N7OS/c1-26-8-4-13(5-9-26)19-25-16(20)15(28-19)14-10-23-17(21)18(24-14)27-11-12-2-6-22-7-3-12/h2-3,6-7,10,13H,4-5,8-9,11,20H2,1H3,(H2,21,23). The third kappa shape index (κ3) is 4.05. The maximum Gasteiger partial charge on any atom is 0.258 e. The lowest BCUT2D eigenvalue weighted by molar-refractivity contribution is 0.255. The summed E-state index contributed by atoms with van der Waals surface area (Å²) in [6.07, 6.45) is 7.24. The lowest BCUT2D eigenvalue weighted by Crippen LogP contribution is -2.29. The molecule has 146 valence electrons. The van der Waals surface area contributed by atoms with Crippen LogP contribution in [0.5, 0.6) is 5.88 Å². The number of nitrogens with two attached hydrogens (primary N) is 2. The predicted molar refractivity (Wildman–Crippen MR) is 110 cm³/mol.